The fraction of sp³-hybridized carbons (Fsp3) is 0.158. The zero-order chi connectivity index (χ0) is 17.2. The van der Waals surface area contributed by atoms with E-state index in [1.807, 2.05) is 42.6 Å². The van der Waals surface area contributed by atoms with Gasteiger partial charge < -0.3 is 9.72 Å². The number of nitrogens with one attached hydrogen (secondary N) is 1. The van der Waals surface area contributed by atoms with Crippen LogP contribution in [0.2, 0.25) is 0 Å². The molecule has 0 fully saturated rings. The lowest BCUT2D eigenvalue weighted by Crippen LogP contribution is -2.05. The molecule has 0 radical (unpaired) electrons. The maximum absolute atomic E-state index is 12.4. The molecule has 1 aromatic heterocycles. The van der Waals surface area contributed by atoms with E-state index in [4.69, 9.17) is 4.74 Å². The maximum atomic E-state index is 12.4. The van der Waals surface area contributed by atoms with E-state index < -0.39 is 9.84 Å². The Bertz CT molecular complexity index is 927. The lowest BCUT2D eigenvalue weighted by atomic mass is 10.0. The van der Waals surface area contributed by atoms with Gasteiger partial charge in [0.15, 0.2) is 9.84 Å². The Kier molecular flexibility index (Phi) is 4.44. The van der Waals surface area contributed by atoms with Crippen molar-refractivity contribution in [1.82, 2.24) is 4.98 Å². The zero-order valence-corrected chi connectivity index (χ0v) is 14.4. The van der Waals surface area contributed by atoms with Crippen LogP contribution in [-0.4, -0.2) is 26.3 Å². The first-order valence-electron chi connectivity index (χ1n) is 7.70. The number of benzene rings is 2. The largest absolute Gasteiger partial charge is 0.497 e. The zero-order valence-electron chi connectivity index (χ0n) is 13.6. The van der Waals surface area contributed by atoms with Crippen molar-refractivity contribution in [2.75, 3.05) is 12.9 Å². The van der Waals surface area contributed by atoms with Crippen molar-refractivity contribution < 1.29 is 13.2 Å². The number of aromatic amines is 1. The van der Waals surface area contributed by atoms with E-state index in [0.29, 0.717) is 16.2 Å². The predicted molar refractivity (Wildman–Crippen MR) is 95.9 cm³/mol. The van der Waals surface area contributed by atoms with Crippen LogP contribution >= 0.6 is 0 Å². The van der Waals surface area contributed by atoms with Crippen molar-refractivity contribution in [3.63, 3.8) is 0 Å². The van der Waals surface area contributed by atoms with E-state index in [9.17, 15) is 8.42 Å². The second-order valence-corrected chi connectivity index (χ2v) is 7.67. The Morgan fingerprint density at radius 3 is 2.29 bits per heavy atom. The minimum absolute atomic E-state index is 0.0624. The van der Waals surface area contributed by atoms with Crippen LogP contribution in [0.3, 0.4) is 0 Å². The van der Waals surface area contributed by atoms with Crippen molar-refractivity contribution in [3.05, 3.63) is 60.8 Å². The van der Waals surface area contributed by atoms with Crippen LogP contribution in [0.5, 0.6) is 5.75 Å². The second-order valence-electron chi connectivity index (χ2n) is 5.43. The number of sulfone groups is 1. The Balaban J connectivity index is 2.11. The lowest BCUT2D eigenvalue weighted by Gasteiger charge is -2.12. The topological polar surface area (TPSA) is 59.2 Å². The summed E-state index contributed by atoms with van der Waals surface area (Å²) in [5.41, 5.74) is 3.57. The molecule has 4 nitrogen and oxygen atoms in total. The van der Waals surface area contributed by atoms with E-state index in [1.165, 1.54) is 0 Å². The molecule has 0 amide bonds. The SMILES string of the molecule is CCS(=O)(=O)c1ccc(OC)cc1-c1ccc(-c2ccc[nH]2)cc1. The van der Waals surface area contributed by atoms with Crippen LogP contribution in [0.4, 0.5) is 0 Å². The third-order valence-electron chi connectivity index (χ3n) is 4.01. The van der Waals surface area contributed by atoms with Crippen molar-refractivity contribution in [2.24, 2.45) is 0 Å². The van der Waals surface area contributed by atoms with Gasteiger partial charge in [0.2, 0.25) is 0 Å². The fourth-order valence-electron chi connectivity index (χ4n) is 2.63. The summed E-state index contributed by atoms with van der Waals surface area (Å²) < 4.78 is 30.1. The van der Waals surface area contributed by atoms with Gasteiger partial charge in [-0.2, -0.15) is 0 Å². The molecule has 0 saturated heterocycles. The third-order valence-corrected chi connectivity index (χ3v) is 5.79. The van der Waals surface area contributed by atoms with Gasteiger partial charge in [0, 0.05) is 17.5 Å². The molecule has 0 aliphatic carbocycles. The quantitative estimate of drug-likeness (QED) is 0.758. The van der Waals surface area contributed by atoms with Gasteiger partial charge in [0.1, 0.15) is 5.75 Å². The lowest BCUT2D eigenvalue weighted by molar-refractivity contribution is 0.414. The van der Waals surface area contributed by atoms with Gasteiger partial charge in [-0.15, -0.1) is 0 Å². The van der Waals surface area contributed by atoms with E-state index >= 15 is 0 Å². The van der Waals surface area contributed by atoms with Crippen LogP contribution in [0, 0.1) is 0 Å². The number of methoxy groups -OCH3 is 1. The first-order valence-corrected chi connectivity index (χ1v) is 9.35. The van der Waals surface area contributed by atoms with Gasteiger partial charge >= 0.3 is 0 Å². The molecule has 0 aliphatic rings. The summed E-state index contributed by atoms with van der Waals surface area (Å²) in [5, 5.41) is 0. The number of H-pyrrole nitrogens is 1. The molecule has 3 aromatic rings. The number of ether oxygens (including phenoxy) is 1. The Morgan fingerprint density at radius 2 is 1.71 bits per heavy atom. The maximum Gasteiger partial charge on any atom is 0.178 e. The van der Waals surface area contributed by atoms with Crippen LogP contribution < -0.4 is 4.74 Å². The molecule has 0 atom stereocenters. The highest BCUT2D eigenvalue weighted by atomic mass is 32.2. The van der Waals surface area contributed by atoms with E-state index in [0.717, 1.165) is 16.8 Å². The van der Waals surface area contributed by atoms with Gasteiger partial charge in [0.05, 0.1) is 17.8 Å². The molecule has 0 spiro atoms. The summed E-state index contributed by atoms with van der Waals surface area (Å²) in [6, 6.07) is 16.8. The van der Waals surface area contributed by atoms with Gasteiger partial charge in [-0.1, -0.05) is 31.2 Å². The summed E-state index contributed by atoms with van der Waals surface area (Å²) in [4.78, 5) is 3.49. The van der Waals surface area contributed by atoms with Crippen molar-refractivity contribution in [1.29, 1.82) is 0 Å². The molecule has 1 heterocycles. The van der Waals surface area contributed by atoms with Crippen LogP contribution in [0.15, 0.2) is 65.7 Å². The molecular formula is C19H19NO3S. The van der Waals surface area contributed by atoms with Crippen LogP contribution in [0.1, 0.15) is 6.92 Å². The average molecular weight is 341 g/mol. The van der Waals surface area contributed by atoms with Crippen molar-refractivity contribution in [2.45, 2.75) is 11.8 Å². The summed E-state index contributed by atoms with van der Waals surface area (Å²) in [5.74, 6) is 0.695. The molecule has 0 bridgehead atoms. The van der Waals surface area contributed by atoms with E-state index in [-0.39, 0.29) is 5.75 Å². The minimum Gasteiger partial charge on any atom is -0.497 e. The Morgan fingerprint density at radius 1 is 1.00 bits per heavy atom. The normalized spacial score (nSPS) is 11.4. The second kappa shape index (κ2) is 6.53. The molecule has 1 N–H and O–H groups in total. The number of aromatic nitrogens is 1. The summed E-state index contributed by atoms with van der Waals surface area (Å²) >= 11 is 0. The van der Waals surface area contributed by atoms with Crippen LogP contribution in [-0.2, 0) is 9.84 Å². The first-order chi connectivity index (χ1) is 11.5. The number of hydrogen-bond acceptors (Lipinski definition) is 3. The molecule has 5 heteroatoms. The van der Waals surface area contributed by atoms with Gasteiger partial charge in [0.25, 0.3) is 0 Å². The minimum atomic E-state index is -3.32. The molecule has 0 unspecified atom stereocenters. The number of hydrogen-bond donors (Lipinski definition) is 1. The highest BCUT2D eigenvalue weighted by Gasteiger charge is 2.18. The molecule has 0 aliphatic heterocycles. The Hall–Kier alpha value is -2.53. The highest BCUT2D eigenvalue weighted by molar-refractivity contribution is 7.91. The molecule has 2 aromatic carbocycles. The highest BCUT2D eigenvalue weighted by Crippen LogP contribution is 2.33. The third kappa shape index (κ3) is 3.08. The predicted octanol–water partition coefficient (Wildman–Crippen LogP) is 4.15. The summed E-state index contributed by atoms with van der Waals surface area (Å²) in [6.07, 6.45) is 1.87. The average Bonchev–Trinajstić information content (AvgIpc) is 3.16. The van der Waals surface area contributed by atoms with Gasteiger partial charge in [-0.05, 0) is 41.5 Å². The molecule has 24 heavy (non-hydrogen) atoms. The molecular weight excluding hydrogens is 322 g/mol. The van der Waals surface area contributed by atoms with E-state index in [1.54, 1.807) is 32.2 Å². The molecule has 3 rings (SSSR count). The molecule has 0 saturated carbocycles. The summed E-state index contributed by atoms with van der Waals surface area (Å²) in [7, 11) is -1.75. The van der Waals surface area contributed by atoms with Crippen molar-refractivity contribution in [3.8, 4) is 28.1 Å². The fourth-order valence-corrected chi connectivity index (χ4v) is 3.73. The Labute approximate surface area is 142 Å². The van der Waals surface area contributed by atoms with E-state index in [2.05, 4.69) is 4.98 Å². The summed E-state index contributed by atoms with van der Waals surface area (Å²) in [6.45, 7) is 1.65. The van der Waals surface area contributed by atoms with Crippen LogP contribution in [0.25, 0.3) is 22.4 Å². The van der Waals surface area contributed by atoms with Crippen molar-refractivity contribution >= 4 is 9.84 Å². The first kappa shape index (κ1) is 16.3. The molecule has 124 valence electrons. The van der Waals surface area contributed by atoms with Gasteiger partial charge in [-0.3, -0.25) is 0 Å². The monoisotopic (exact) mass is 341 g/mol. The number of rotatable bonds is 5. The standard InChI is InChI=1S/C19H19NO3S/c1-3-24(21,22)19-11-10-16(23-2)13-17(19)14-6-8-15(9-7-14)18-5-4-12-20-18/h4-13,20H,3H2,1-2H3. The van der Waals surface area contributed by atoms with Gasteiger partial charge in [-0.25, -0.2) is 8.42 Å². The smallest absolute Gasteiger partial charge is 0.178 e.